The van der Waals surface area contributed by atoms with Crippen molar-refractivity contribution in [2.45, 2.75) is 25.2 Å². The Morgan fingerprint density at radius 1 is 1.07 bits per heavy atom. The Kier molecular flexibility index (Phi) is 5.84. The zero-order chi connectivity index (χ0) is 20.1. The fraction of sp³-hybridized carbons (Fsp3) is 0.190. The Hall–Kier alpha value is -3.06. The number of benzene rings is 2. The summed E-state index contributed by atoms with van der Waals surface area (Å²) in [5, 5.41) is 3.26. The minimum Gasteiger partial charge on any atom is -0.497 e. The van der Waals surface area contributed by atoms with E-state index in [1.807, 2.05) is 18.2 Å². The van der Waals surface area contributed by atoms with Crippen molar-refractivity contribution in [3.63, 3.8) is 0 Å². The molecule has 0 aliphatic rings. The fourth-order valence-corrected chi connectivity index (χ4v) is 4.15. The van der Waals surface area contributed by atoms with Gasteiger partial charge in [0.2, 0.25) is 0 Å². The highest BCUT2D eigenvalue weighted by atomic mass is 32.2. The van der Waals surface area contributed by atoms with E-state index in [0.29, 0.717) is 22.8 Å². The Morgan fingerprint density at radius 3 is 2.50 bits per heavy atom. The highest BCUT2D eigenvalue weighted by Gasteiger charge is 2.17. The normalized spacial score (nSPS) is 11.1. The van der Waals surface area contributed by atoms with Crippen molar-refractivity contribution in [1.82, 2.24) is 4.98 Å². The summed E-state index contributed by atoms with van der Waals surface area (Å²) in [5.74, 6) is 1.25. The van der Waals surface area contributed by atoms with E-state index >= 15 is 0 Å². The maximum atomic E-state index is 12.7. The van der Waals surface area contributed by atoms with Crippen molar-refractivity contribution in [3.05, 3.63) is 71.9 Å². The molecular weight excluding hydrogens is 374 g/mol. The monoisotopic (exact) mass is 397 g/mol. The van der Waals surface area contributed by atoms with Gasteiger partial charge in [-0.15, -0.1) is 0 Å². The smallest absolute Gasteiger partial charge is 0.262 e. The number of para-hydroxylation sites is 1. The van der Waals surface area contributed by atoms with Gasteiger partial charge in [0, 0.05) is 5.69 Å². The summed E-state index contributed by atoms with van der Waals surface area (Å²) in [6.07, 6.45) is 2.40. The fourth-order valence-electron chi connectivity index (χ4n) is 2.88. The molecule has 1 heterocycles. The molecule has 0 bridgehead atoms. The molecule has 3 aromatic rings. The number of sulfonamides is 1. The lowest BCUT2D eigenvalue weighted by molar-refractivity contribution is 0.414. The topological polar surface area (TPSA) is 80.3 Å². The minimum atomic E-state index is -3.72. The van der Waals surface area contributed by atoms with E-state index < -0.39 is 10.0 Å². The Labute approximate surface area is 165 Å². The molecule has 2 aromatic carbocycles. The van der Waals surface area contributed by atoms with Gasteiger partial charge in [0.05, 0.1) is 23.9 Å². The van der Waals surface area contributed by atoms with Gasteiger partial charge < -0.3 is 10.1 Å². The summed E-state index contributed by atoms with van der Waals surface area (Å²) in [7, 11) is -2.17. The number of nitrogens with zero attached hydrogens (tertiary/aromatic N) is 1. The number of methoxy groups -OCH3 is 1. The molecule has 0 saturated heterocycles. The van der Waals surface area contributed by atoms with Crippen LogP contribution in [0.25, 0.3) is 0 Å². The van der Waals surface area contributed by atoms with Gasteiger partial charge in [-0.2, -0.15) is 0 Å². The van der Waals surface area contributed by atoms with Crippen LogP contribution in [0.2, 0.25) is 0 Å². The van der Waals surface area contributed by atoms with E-state index in [4.69, 9.17) is 4.74 Å². The molecule has 2 N–H and O–H groups in total. The maximum absolute atomic E-state index is 12.7. The lowest BCUT2D eigenvalue weighted by Gasteiger charge is -2.13. The maximum Gasteiger partial charge on any atom is 0.262 e. The Morgan fingerprint density at radius 2 is 1.86 bits per heavy atom. The van der Waals surface area contributed by atoms with Crippen molar-refractivity contribution >= 4 is 27.2 Å². The molecule has 0 amide bonds. The third-order valence-electron chi connectivity index (χ3n) is 4.35. The number of hydrogen-bond acceptors (Lipinski definition) is 5. The van der Waals surface area contributed by atoms with Gasteiger partial charge in [-0.05, 0) is 60.9 Å². The quantitative estimate of drug-likeness (QED) is 0.613. The van der Waals surface area contributed by atoms with Crippen LogP contribution in [0.3, 0.4) is 0 Å². The molecule has 6 nitrogen and oxygen atoms in total. The standard InChI is InChI=1S/C21H23N3O3S/c1-4-16-7-5-6-8-19(16)23-21-12-9-17(14-22-21)24-28(25,26)20-11-10-18(27-3)13-15(20)2/h5-14,24H,4H2,1-3H3,(H,22,23). The van der Waals surface area contributed by atoms with Crippen LogP contribution in [-0.2, 0) is 16.4 Å². The van der Waals surface area contributed by atoms with Gasteiger partial charge in [-0.25, -0.2) is 13.4 Å². The highest BCUT2D eigenvalue weighted by Crippen LogP contribution is 2.24. The predicted molar refractivity (Wildman–Crippen MR) is 112 cm³/mol. The van der Waals surface area contributed by atoms with Crippen molar-refractivity contribution in [3.8, 4) is 5.75 Å². The first-order valence-electron chi connectivity index (χ1n) is 8.91. The molecule has 0 radical (unpaired) electrons. The lowest BCUT2D eigenvalue weighted by atomic mass is 10.1. The first kappa shape index (κ1) is 19.7. The molecule has 0 aliphatic carbocycles. The summed E-state index contributed by atoms with van der Waals surface area (Å²) in [5.41, 5.74) is 3.17. The SMILES string of the molecule is CCc1ccccc1Nc1ccc(NS(=O)(=O)c2ccc(OC)cc2C)cn1. The van der Waals surface area contributed by atoms with Gasteiger partial charge in [0.25, 0.3) is 10.0 Å². The van der Waals surface area contributed by atoms with Crippen LogP contribution in [0, 0.1) is 6.92 Å². The number of pyridine rings is 1. The van der Waals surface area contributed by atoms with Crippen LogP contribution < -0.4 is 14.8 Å². The van der Waals surface area contributed by atoms with Crippen molar-refractivity contribution < 1.29 is 13.2 Å². The number of hydrogen-bond donors (Lipinski definition) is 2. The molecule has 0 fully saturated rings. The second-order valence-electron chi connectivity index (χ2n) is 6.30. The molecule has 0 unspecified atom stereocenters. The van der Waals surface area contributed by atoms with Gasteiger partial charge >= 0.3 is 0 Å². The van der Waals surface area contributed by atoms with Crippen molar-refractivity contribution in [2.75, 3.05) is 17.1 Å². The molecule has 0 aliphatic heterocycles. The first-order valence-corrected chi connectivity index (χ1v) is 10.4. The zero-order valence-corrected chi connectivity index (χ0v) is 16.9. The average molecular weight is 398 g/mol. The van der Waals surface area contributed by atoms with E-state index in [2.05, 4.69) is 28.0 Å². The third-order valence-corrected chi connectivity index (χ3v) is 5.89. The van der Waals surface area contributed by atoms with Crippen LogP contribution in [0.1, 0.15) is 18.1 Å². The second kappa shape index (κ2) is 8.31. The molecule has 28 heavy (non-hydrogen) atoms. The molecule has 0 atom stereocenters. The lowest BCUT2D eigenvalue weighted by Crippen LogP contribution is -2.14. The molecular formula is C21H23N3O3S. The minimum absolute atomic E-state index is 0.201. The summed E-state index contributed by atoms with van der Waals surface area (Å²) in [6.45, 7) is 3.82. The Balaban J connectivity index is 1.76. The second-order valence-corrected chi connectivity index (χ2v) is 7.96. The van der Waals surface area contributed by atoms with Crippen LogP contribution in [0.15, 0.2) is 65.7 Å². The van der Waals surface area contributed by atoms with Crippen molar-refractivity contribution in [2.24, 2.45) is 0 Å². The molecule has 7 heteroatoms. The summed E-state index contributed by atoms with van der Waals surface area (Å²) >= 11 is 0. The van der Waals surface area contributed by atoms with Gasteiger partial charge in [-0.3, -0.25) is 4.72 Å². The molecule has 0 spiro atoms. The molecule has 146 valence electrons. The zero-order valence-electron chi connectivity index (χ0n) is 16.1. The van der Waals surface area contributed by atoms with Crippen LogP contribution in [0.5, 0.6) is 5.75 Å². The summed E-state index contributed by atoms with van der Waals surface area (Å²) < 4.78 is 33.1. The highest BCUT2D eigenvalue weighted by molar-refractivity contribution is 7.92. The van der Waals surface area contributed by atoms with Gasteiger partial charge in [0.15, 0.2) is 0 Å². The number of aryl methyl sites for hydroxylation is 2. The van der Waals surface area contributed by atoms with E-state index in [1.54, 1.807) is 38.3 Å². The Bertz CT molecular complexity index is 1060. The van der Waals surface area contributed by atoms with E-state index in [-0.39, 0.29) is 4.90 Å². The number of nitrogens with one attached hydrogen (secondary N) is 2. The first-order chi connectivity index (χ1) is 13.4. The number of aromatic nitrogens is 1. The summed E-state index contributed by atoms with van der Waals surface area (Å²) in [6, 6.07) is 16.3. The third kappa shape index (κ3) is 4.43. The van der Waals surface area contributed by atoms with E-state index in [1.165, 1.54) is 17.8 Å². The largest absolute Gasteiger partial charge is 0.497 e. The number of rotatable bonds is 7. The van der Waals surface area contributed by atoms with Crippen LogP contribution >= 0.6 is 0 Å². The average Bonchev–Trinajstić information content (AvgIpc) is 2.69. The van der Waals surface area contributed by atoms with Crippen LogP contribution in [0.4, 0.5) is 17.2 Å². The summed E-state index contributed by atoms with van der Waals surface area (Å²) in [4.78, 5) is 4.52. The van der Waals surface area contributed by atoms with Gasteiger partial charge in [-0.1, -0.05) is 25.1 Å². The molecule has 0 saturated carbocycles. The number of anilines is 3. The van der Waals surface area contributed by atoms with Crippen LogP contribution in [-0.4, -0.2) is 20.5 Å². The predicted octanol–water partition coefficient (Wildman–Crippen LogP) is 4.51. The number of ether oxygens (including phenoxy) is 1. The van der Waals surface area contributed by atoms with E-state index in [0.717, 1.165) is 12.1 Å². The van der Waals surface area contributed by atoms with Gasteiger partial charge in [0.1, 0.15) is 11.6 Å². The van der Waals surface area contributed by atoms with Crippen molar-refractivity contribution in [1.29, 1.82) is 0 Å². The molecule has 3 rings (SSSR count). The van der Waals surface area contributed by atoms with E-state index in [9.17, 15) is 8.42 Å². The molecule has 1 aromatic heterocycles.